The zero-order valence-electron chi connectivity index (χ0n) is 17.6. The largest absolute Gasteiger partial charge is 0.484 e. The van der Waals surface area contributed by atoms with Crippen molar-refractivity contribution in [2.75, 3.05) is 49.7 Å². The van der Waals surface area contributed by atoms with Gasteiger partial charge in [0.15, 0.2) is 6.61 Å². The van der Waals surface area contributed by atoms with Gasteiger partial charge in [0.1, 0.15) is 17.6 Å². The van der Waals surface area contributed by atoms with E-state index in [2.05, 4.69) is 5.32 Å². The first-order chi connectivity index (χ1) is 15.1. The number of hydrogen-bond acceptors (Lipinski definition) is 5. The SMILES string of the molecule is CSCC[C@H](NC(=O)COc1ccccc1)C(=O)N1CCN(c2ccccc2F)CC1. The molecule has 0 aromatic heterocycles. The average molecular weight is 446 g/mol. The van der Waals surface area contributed by atoms with Gasteiger partial charge in [0.05, 0.1) is 5.69 Å². The first kappa shape index (κ1) is 22.9. The molecule has 31 heavy (non-hydrogen) atoms. The van der Waals surface area contributed by atoms with Crippen molar-refractivity contribution in [1.29, 1.82) is 0 Å². The molecule has 0 unspecified atom stereocenters. The Kier molecular flexibility index (Phi) is 8.58. The lowest BCUT2D eigenvalue weighted by Crippen LogP contribution is -2.55. The maximum absolute atomic E-state index is 14.1. The van der Waals surface area contributed by atoms with E-state index >= 15 is 0 Å². The Labute approximate surface area is 186 Å². The highest BCUT2D eigenvalue weighted by Crippen LogP contribution is 2.20. The van der Waals surface area contributed by atoms with Crippen molar-refractivity contribution >= 4 is 29.3 Å². The topological polar surface area (TPSA) is 61.9 Å². The van der Waals surface area contributed by atoms with Crippen molar-refractivity contribution < 1.29 is 18.7 Å². The lowest BCUT2D eigenvalue weighted by Gasteiger charge is -2.37. The molecular weight excluding hydrogens is 417 g/mol. The molecule has 2 aromatic rings. The van der Waals surface area contributed by atoms with E-state index in [9.17, 15) is 14.0 Å². The summed E-state index contributed by atoms with van der Waals surface area (Å²) in [6.45, 7) is 1.92. The van der Waals surface area contributed by atoms with Crippen LogP contribution in [0.4, 0.5) is 10.1 Å². The number of halogens is 1. The molecule has 1 N–H and O–H groups in total. The fourth-order valence-corrected chi connectivity index (χ4v) is 3.96. The van der Waals surface area contributed by atoms with Crippen LogP contribution in [0, 0.1) is 5.82 Å². The summed E-state index contributed by atoms with van der Waals surface area (Å²) >= 11 is 1.63. The summed E-state index contributed by atoms with van der Waals surface area (Å²) in [6, 6.07) is 15.2. The first-order valence-corrected chi connectivity index (χ1v) is 11.7. The van der Waals surface area contributed by atoms with Gasteiger partial charge in [-0.1, -0.05) is 30.3 Å². The second-order valence-corrected chi connectivity index (χ2v) is 8.25. The number of carbonyl (C=O) groups excluding carboxylic acids is 2. The predicted octanol–water partition coefficient (Wildman–Crippen LogP) is 2.79. The Balaban J connectivity index is 1.54. The van der Waals surface area contributed by atoms with Crippen LogP contribution in [0.2, 0.25) is 0 Å². The van der Waals surface area contributed by atoms with Crippen molar-refractivity contribution in [3.63, 3.8) is 0 Å². The van der Waals surface area contributed by atoms with Crippen LogP contribution in [0.25, 0.3) is 0 Å². The molecule has 1 saturated heterocycles. The standard InChI is InChI=1S/C23H28FN3O3S/c1-31-16-11-20(25-22(28)17-30-18-7-3-2-4-8-18)23(29)27-14-12-26(13-15-27)21-10-6-5-9-19(21)24/h2-10,20H,11-17H2,1H3,(H,25,28)/t20-/m0/s1. The minimum absolute atomic E-state index is 0.102. The van der Waals surface area contributed by atoms with E-state index in [1.165, 1.54) is 6.07 Å². The number of rotatable bonds is 9. The molecule has 166 valence electrons. The van der Waals surface area contributed by atoms with E-state index in [1.807, 2.05) is 29.4 Å². The van der Waals surface area contributed by atoms with Gasteiger partial charge in [-0.05, 0) is 42.7 Å². The summed E-state index contributed by atoms with van der Waals surface area (Å²) < 4.78 is 19.5. The molecule has 0 saturated carbocycles. The smallest absolute Gasteiger partial charge is 0.258 e. The first-order valence-electron chi connectivity index (χ1n) is 10.3. The maximum Gasteiger partial charge on any atom is 0.258 e. The van der Waals surface area contributed by atoms with Crippen LogP contribution in [0.1, 0.15) is 6.42 Å². The fourth-order valence-electron chi connectivity index (χ4n) is 3.49. The molecule has 2 amide bonds. The minimum Gasteiger partial charge on any atom is -0.484 e. The number of hydrogen-bond donors (Lipinski definition) is 1. The Morgan fingerprint density at radius 3 is 2.42 bits per heavy atom. The average Bonchev–Trinajstić information content (AvgIpc) is 2.81. The third kappa shape index (κ3) is 6.62. The molecule has 3 rings (SSSR count). The van der Waals surface area contributed by atoms with Crippen molar-refractivity contribution in [3.8, 4) is 5.75 Å². The van der Waals surface area contributed by atoms with Crippen LogP contribution in [0.5, 0.6) is 5.75 Å². The van der Waals surface area contributed by atoms with Gasteiger partial charge in [0.25, 0.3) is 5.91 Å². The maximum atomic E-state index is 14.1. The highest BCUT2D eigenvalue weighted by atomic mass is 32.2. The normalized spacial score (nSPS) is 14.8. The van der Waals surface area contributed by atoms with Crippen molar-refractivity contribution in [3.05, 3.63) is 60.4 Å². The van der Waals surface area contributed by atoms with Gasteiger partial charge in [-0.25, -0.2) is 4.39 Å². The van der Waals surface area contributed by atoms with Crippen LogP contribution >= 0.6 is 11.8 Å². The van der Waals surface area contributed by atoms with E-state index in [1.54, 1.807) is 47.0 Å². The number of nitrogens with one attached hydrogen (secondary N) is 1. The van der Waals surface area contributed by atoms with Gasteiger partial charge in [0.2, 0.25) is 5.91 Å². The molecule has 1 aliphatic heterocycles. The summed E-state index contributed by atoms with van der Waals surface area (Å²) in [4.78, 5) is 29.2. The summed E-state index contributed by atoms with van der Waals surface area (Å²) in [7, 11) is 0. The molecule has 0 bridgehead atoms. The number of carbonyl (C=O) groups is 2. The molecule has 8 heteroatoms. The molecule has 1 fully saturated rings. The van der Waals surface area contributed by atoms with Crippen molar-refractivity contribution in [1.82, 2.24) is 10.2 Å². The Bertz CT molecular complexity index is 860. The summed E-state index contributed by atoms with van der Waals surface area (Å²) in [5.41, 5.74) is 0.555. The van der Waals surface area contributed by atoms with E-state index in [0.29, 0.717) is 44.0 Å². The second-order valence-electron chi connectivity index (χ2n) is 7.27. The number of thioether (sulfide) groups is 1. The lowest BCUT2D eigenvalue weighted by atomic mass is 10.1. The molecule has 0 spiro atoms. The third-order valence-corrected chi connectivity index (χ3v) is 5.79. The number of nitrogens with zero attached hydrogens (tertiary/aromatic N) is 2. The van der Waals surface area contributed by atoms with Gasteiger partial charge in [0, 0.05) is 26.2 Å². The summed E-state index contributed by atoms with van der Waals surface area (Å²) in [6.07, 6.45) is 2.51. The molecule has 6 nitrogen and oxygen atoms in total. The number of piperazine rings is 1. The van der Waals surface area contributed by atoms with Crippen LogP contribution < -0.4 is 15.0 Å². The van der Waals surface area contributed by atoms with Gasteiger partial charge >= 0.3 is 0 Å². The van der Waals surface area contributed by atoms with E-state index in [-0.39, 0.29) is 24.2 Å². The Hall–Kier alpha value is -2.74. The molecule has 0 radical (unpaired) electrons. The molecular formula is C23H28FN3O3S. The Morgan fingerprint density at radius 2 is 1.74 bits per heavy atom. The highest BCUT2D eigenvalue weighted by Gasteiger charge is 2.29. The quantitative estimate of drug-likeness (QED) is 0.643. The van der Waals surface area contributed by atoms with E-state index < -0.39 is 6.04 Å². The van der Waals surface area contributed by atoms with Crippen LogP contribution in [0.15, 0.2) is 54.6 Å². The van der Waals surface area contributed by atoms with E-state index in [0.717, 1.165) is 5.75 Å². The fraction of sp³-hybridized carbons (Fsp3) is 0.391. The predicted molar refractivity (Wildman–Crippen MR) is 122 cm³/mol. The molecule has 2 aromatic carbocycles. The van der Waals surface area contributed by atoms with Crippen LogP contribution in [0.3, 0.4) is 0 Å². The molecule has 1 heterocycles. The van der Waals surface area contributed by atoms with Gasteiger partial charge in [-0.3, -0.25) is 9.59 Å². The van der Waals surface area contributed by atoms with Gasteiger partial charge < -0.3 is 19.9 Å². The zero-order valence-corrected chi connectivity index (χ0v) is 18.4. The van der Waals surface area contributed by atoms with Crippen molar-refractivity contribution in [2.24, 2.45) is 0 Å². The minimum atomic E-state index is -0.598. The second kappa shape index (κ2) is 11.6. The number of amides is 2. The van der Waals surface area contributed by atoms with E-state index in [4.69, 9.17) is 4.74 Å². The van der Waals surface area contributed by atoms with Crippen molar-refractivity contribution in [2.45, 2.75) is 12.5 Å². The Morgan fingerprint density at radius 1 is 1.06 bits per heavy atom. The highest BCUT2D eigenvalue weighted by molar-refractivity contribution is 7.98. The van der Waals surface area contributed by atoms with Crippen LogP contribution in [-0.2, 0) is 9.59 Å². The molecule has 1 atom stereocenters. The number of para-hydroxylation sites is 2. The summed E-state index contributed by atoms with van der Waals surface area (Å²) in [5.74, 6) is 0.675. The van der Waals surface area contributed by atoms with Gasteiger partial charge in [-0.15, -0.1) is 0 Å². The monoisotopic (exact) mass is 445 g/mol. The molecule has 1 aliphatic rings. The summed E-state index contributed by atoms with van der Waals surface area (Å²) in [5, 5.41) is 2.83. The van der Waals surface area contributed by atoms with Gasteiger partial charge in [-0.2, -0.15) is 11.8 Å². The zero-order chi connectivity index (χ0) is 22.1. The third-order valence-electron chi connectivity index (χ3n) is 5.14. The van der Waals surface area contributed by atoms with Crippen LogP contribution in [-0.4, -0.2) is 67.6 Å². The number of ether oxygens (including phenoxy) is 1. The lowest BCUT2D eigenvalue weighted by molar-refractivity contribution is -0.137. The number of benzene rings is 2. The number of anilines is 1. The molecule has 0 aliphatic carbocycles.